The van der Waals surface area contributed by atoms with Crippen LogP contribution in [0.1, 0.15) is 30.2 Å². The number of nitrogens with zero attached hydrogens (tertiary/aromatic N) is 2. The van der Waals surface area contributed by atoms with Crippen molar-refractivity contribution in [2.24, 2.45) is 11.5 Å². The summed E-state index contributed by atoms with van der Waals surface area (Å²) in [6, 6.07) is 6.37. The van der Waals surface area contributed by atoms with Crippen molar-refractivity contribution in [1.29, 1.82) is 0 Å². The van der Waals surface area contributed by atoms with Crippen LogP contribution in [-0.4, -0.2) is 15.4 Å². The Bertz CT molecular complexity index is 565. The predicted octanol–water partition coefficient (Wildman–Crippen LogP) is 1.79. The van der Waals surface area contributed by atoms with Crippen LogP contribution in [0.15, 0.2) is 24.3 Å². The fourth-order valence-electron chi connectivity index (χ4n) is 1.55. The summed E-state index contributed by atoms with van der Waals surface area (Å²) in [4.78, 5) is 4.38. The number of hydrogen-bond acceptors (Lipinski definition) is 5. The lowest BCUT2D eigenvalue weighted by Gasteiger charge is -2.25. The van der Waals surface area contributed by atoms with Crippen LogP contribution >= 0.6 is 11.5 Å². The van der Waals surface area contributed by atoms with Crippen LogP contribution in [0, 0.1) is 5.82 Å². The molecule has 0 aliphatic carbocycles. The summed E-state index contributed by atoms with van der Waals surface area (Å²) in [5.74, 6) is 0.323. The molecule has 2 unspecified atom stereocenters. The van der Waals surface area contributed by atoms with Crippen LogP contribution in [0.4, 0.5) is 4.39 Å². The van der Waals surface area contributed by atoms with Crippen molar-refractivity contribution in [3.05, 3.63) is 46.5 Å². The lowest BCUT2D eigenvalue weighted by atomic mass is 9.97. The molecule has 0 saturated heterocycles. The zero-order chi connectivity index (χ0) is 14.0. The lowest BCUT2D eigenvalue weighted by Crippen LogP contribution is -2.48. The summed E-state index contributed by atoms with van der Waals surface area (Å²) < 4.78 is 17.8. The number of halogens is 1. The fourth-order valence-corrected chi connectivity index (χ4v) is 2.38. The largest absolute Gasteiger partial charge is 0.326 e. The Morgan fingerprint density at radius 2 is 2.11 bits per heavy atom. The topological polar surface area (TPSA) is 77.8 Å². The molecule has 6 heteroatoms. The van der Waals surface area contributed by atoms with Gasteiger partial charge in [-0.3, -0.25) is 0 Å². The molecular formula is C13H17FN4S. The monoisotopic (exact) mass is 280 g/mol. The van der Waals surface area contributed by atoms with Crippen molar-refractivity contribution in [1.82, 2.24) is 9.36 Å². The summed E-state index contributed by atoms with van der Waals surface area (Å²) in [6.45, 7) is 3.66. The van der Waals surface area contributed by atoms with Crippen LogP contribution in [0.25, 0.3) is 0 Å². The highest BCUT2D eigenvalue weighted by Crippen LogP contribution is 2.23. The molecule has 0 saturated carbocycles. The molecule has 4 nitrogen and oxygen atoms in total. The molecule has 1 heterocycles. The Hall–Kier alpha value is -1.37. The van der Waals surface area contributed by atoms with E-state index in [9.17, 15) is 4.39 Å². The van der Waals surface area contributed by atoms with E-state index in [1.165, 1.54) is 17.6 Å². The standard InChI is InChI=1S/C13H17FN4S/c1-8(15)13(2,16)12-17-11(18-19-12)7-9-5-3-4-6-10(9)14/h3-6,8H,7,15-16H2,1-2H3. The average Bonchev–Trinajstić information content (AvgIpc) is 2.81. The zero-order valence-electron chi connectivity index (χ0n) is 10.9. The highest BCUT2D eigenvalue weighted by atomic mass is 32.1. The van der Waals surface area contributed by atoms with E-state index in [1.807, 2.05) is 13.8 Å². The molecule has 0 fully saturated rings. The van der Waals surface area contributed by atoms with Gasteiger partial charge in [0.2, 0.25) is 0 Å². The van der Waals surface area contributed by atoms with Crippen molar-refractivity contribution in [3.63, 3.8) is 0 Å². The van der Waals surface area contributed by atoms with Crippen LogP contribution in [0.2, 0.25) is 0 Å². The second-order valence-electron chi connectivity index (χ2n) is 4.86. The molecule has 2 rings (SSSR count). The first-order valence-corrected chi connectivity index (χ1v) is 6.79. The first kappa shape index (κ1) is 14.0. The first-order valence-electron chi connectivity index (χ1n) is 6.02. The van der Waals surface area contributed by atoms with Crippen molar-refractivity contribution < 1.29 is 4.39 Å². The molecule has 1 aromatic carbocycles. The quantitative estimate of drug-likeness (QED) is 0.895. The normalized spacial score (nSPS) is 16.1. The molecule has 0 aliphatic rings. The molecule has 19 heavy (non-hydrogen) atoms. The van der Waals surface area contributed by atoms with Gasteiger partial charge in [0.1, 0.15) is 16.6 Å². The number of benzene rings is 1. The predicted molar refractivity (Wildman–Crippen MR) is 74.3 cm³/mol. The molecule has 0 radical (unpaired) electrons. The minimum atomic E-state index is -0.717. The van der Waals surface area contributed by atoms with Gasteiger partial charge in [-0.25, -0.2) is 9.37 Å². The maximum Gasteiger partial charge on any atom is 0.147 e. The van der Waals surface area contributed by atoms with E-state index in [0.717, 1.165) is 0 Å². The summed E-state index contributed by atoms with van der Waals surface area (Å²) in [5, 5.41) is 0.675. The summed E-state index contributed by atoms with van der Waals surface area (Å²) in [7, 11) is 0. The molecule has 0 amide bonds. The van der Waals surface area contributed by atoms with E-state index in [2.05, 4.69) is 9.36 Å². The third kappa shape index (κ3) is 2.97. The molecular weight excluding hydrogens is 263 g/mol. The molecule has 4 N–H and O–H groups in total. The van der Waals surface area contributed by atoms with Gasteiger partial charge in [0.05, 0.1) is 5.54 Å². The minimum Gasteiger partial charge on any atom is -0.326 e. The van der Waals surface area contributed by atoms with Crippen molar-refractivity contribution in [3.8, 4) is 0 Å². The van der Waals surface area contributed by atoms with Gasteiger partial charge in [-0.2, -0.15) is 4.37 Å². The smallest absolute Gasteiger partial charge is 0.147 e. The van der Waals surface area contributed by atoms with Crippen LogP contribution in [0.3, 0.4) is 0 Å². The zero-order valence-corrected chi connectivity index (χ0v) is 11.7. The number of hydrogen-bond donors (Lipinski definition) is 2. The van der Waals surface area contributed by atoms with Gasteiger partial charge in [-0.1, -0.05) is 18.2 Å². The van der Waals surface area contributed by atoms with E-state index < -0.39 is 5.54 Å². The van der Waals surface area contributed by atoms with Crippen molar-refractivity contribution in [2.75, 3.05) is 0 Å². The van der Waals surface area contributed by atoms with E-state index in [0.29, 0.717) is 22.8 Å². The van der Waals surface area contributed by atoms with E-state index in [-0.39, 0.29) is 11.9 Å². The maximum atomic E-state index is 13.5. The highest BCUT2D eigenvalue weighted by molar-refractivity contribution is 7.05. The van der Waals surface area contributed by atoms with Gasteiger partial charge in [-0.05, 0) is 37.0 Å². The first-order chi connectivity index (χ1) is 8.91. The van der Waals surface area contributed by atoms with E-state index >= 15 is 0 Å². The highest BCUT2D eigenvalue weighted by Gasteiger charge is 2.30. The number of nitrogens with two attached hydrogens (primary N) is 2. The molecule has 0 bridgehead atoms. The van der Waals surface area contributed by atoms with Gasteiger partial charge >= 0.3 is 0 Å². The Labute approximate surface area is 115 Å². The van der Waals surface area contributed by atoms with Gasteiger partial charge in [0.15, 0.2) is 0 Å². The molecule has 2 atom stereocenters. The SMILES string of the molecule is CC(N)C(C)(N)c1nc(Cc2ccccc2F)ns1. The molecule has 0 spiro atoms. The summed E-state index contributed by atoms with van der Waals surface area (Å²) in [5.41, 5.74) is 11.8. The Kier molecular flexibility index (Phi) is 3.93. The van der Waals surface area contributed by atoms with E-state index in [4.69, 9.17) is 11.5 Å². The maximum absolute atomic E-state index is 13.5. The Morgan fingerprint density at radius 3 is 2.74 bits per heavy atom. The van der Waals surface area contributed by atoms with Crippen molar-refractivity contribution >= 4 is 11.5 Å². The van der Waals surface area contributed by atoms with Gasteiger partial charge in [0, 0.05) is 12.5 Å². The Balaban J connectivity index is 2.21. The molecule has 0 aliphatic heterocycles. The van der Waals surface area contributed by atoms with Gasteiger partial charge in [0.25, 0.3) is 0 Å². The number of aromatic nitrogens is 2. The van der Waals surface area contributed by atoms with E-state index in [1.54, 1.807) is 18.2 Å². The van der Waals surface area contributed by atoms with Crippen molar-refractivity contribution in [2.45, 2.75) is 31.8 Å². The second kappa shape index (κ2) is 5.32. The molecule has 102 valence electrons. The summed E-state index contributed by atoms with van der Waals surface area (Å²) in [6.07, 6.45) is 0.359. The molecule has 1 aromatic heterocycles. The minimum absolute atomic E-state index is 0.234. The molecule has 2 aromatic rings. The van der Waals surface area contributed by atoms with Gasteiger partial charge < -0.3 is 11.5 Å². The third-order valence-electron chi connectivity index (χ3n) is 3.18. The Morgan fingerprint density at radius 1 is 1.42 bits per heavy atom. The fraction of sp³-hybridized carbons (Fsp3) is 0.385. The lowest BCUT2D eigenvalue weighted by molar-refractivity contribution is 0.407. The number of rotatable bonds is 4. The third-order valence-corrected chi connectivity index (χ3v) is 4.19. The average molecular weight is 280 g/mol. The summed E-state index contributed by atoms with van der Waals surface area (Å²) >= 11 is 1.22. The van der Waals surface area contributed by atoms with Crippen LogP contribution in [-0.2, 0) is 12.0 Å². The van der Waals surface area contributed by atoms with Crippen LogP contribution < -0.4 is 11.5 Å². The van der Waals surface area contributed by atoms with Crippen LogP contribution in [0.5, 0.6) is 0 Å². The second-order valence-corrected chi connectivity index (χ2v) is 5.61. The van der Waals surface area contributed by atoms with Gasteiger partial charge in [-0.15, -0.1) is 0 Å².